The van der Waals surface area contributed by atoms with Gasteiger partial charge in [0.1, 0.15) is 0 Å². The van der Waals surface area contributed by atoms with Crippen molar-refractivity contribution in [2.75, 3.05) is 33.8 Å². The molecule has 1 heterocycles. The van der Waals surface area contributed by atoms with Crippen molar-refractivity contribution in [3.8, 4) is 11.5 Å². The smallest absolute Gasteiger partial charge is 0.387 e. The molecule has 0 spiro atoms. The van der Waals surface area contributed by atoms with Crippen LogP contribution in [-0.2, 0) is 0 Å². The zero-order chi connectivity index (χ0) is 16.8. The highest BCUT2D eigenvalue weighted by Crippen LogP contribution is 2.30. The van der Waals surface area contributed by atoms with Crippen molar-refractivity contribution in [3.63, 3.8) is 0 Å². The summed E-state index contributed by atoms with van der Waals surface area (Å²) >= 11 is 0. The minimum absolute atomic E-state index is 0. The third-order valence-electron chi connectivity index (χ3n) is 4.02. The standard InChI is InChI=1S/C16H22F2N2O3.ClH/c1-19-10-11-5-7-20(8-6-11)15(21)12-3-4-13(23-16(17)18)14(9-12)22-2;/h3-4,9,11,16,19H,5-8,10H2,1-2H3;1H. The van der Waals surface area contributed by atoms with E-state index in [1.807, 2.05) is 7.05 Å². The van der Waals surface area contributed by atoms with Gasteiger partial charge in [-0.05, 0) is 50.6 Å². The van der Waals surface area contributed by atoms with Crippen molar-refractivity contribution in [1.29, 1.82) is 0 Å². The van der Waals surface area contributed by atoms with Gasteiger partial charge in [-0.3, -0.25) is 4.79 Å². The van der Waals surface area contributed by atoms with Crippen molar-refractivity contribution in [3.05, 3.63) is 23.8 Å². The summed E-state index contributed by atoms with van der Waals surface area (Å²) in [4.78, 5) is 14.3. The summed E-state index contributed by atoms with van der Waals surface area (Å²) in [5.74, 6) is 0.517. The molecular weight excluding hydrogens is 342 g/mol. The molecule has 1 aromatic carbocycles. The number of carbonyl (C=O) groups excluding carboxylic acids is 1. The van der Waals surface area contributed by atoms with E-state index in [4.69, 9.17) is 4.74 Å². The summed E-state index contributed by atoms with van der Waals surface area (Å²) in [6.07, 6.45) is 1.91. The summed E-state index contributed by atoms with van der Waals surface area (Å²) in [5.41, 5.74) is 0.413. The monoisotopic (exact) mass is 364 g/mol. The number of methoxy groups -OCH3 is 1. The Hall–Kier alpha value is -1.60. The van der Waals surface area contributed by atoms with Gasteiger partial charge in [0.2, 0.25) is 0 Å². The van der Waals surface area contributed by atoms with E-state index in [2.05, 4.69) is 10.1 Å². The highest BCUT2D eigenvalue weighted by Gasteiger charge is 2.24. The fraction of sp³-hybridized carbons (Fsp3) is 0.562. The highest BCUT2D eigenvalue weighted by atomic mass is 35.5. The number of ether oxygens (including phenoxy) is 2. The molecule has 0 saturated carbocycles. The van der Waals surface area contributed by atoms with E-state index in [-0.39, 0.29) is 29.8 Å². The molecular formula is C16H23ClF2N2O3. The maximum absolute atomic E-state index is 12.5. The normalized spacial score (nSPS) is 15.1. The van der Waals surface area contributed by atoms with E-state index >= 15 is 0 Å². The number of nitrogens with one attached hydrogen (secondary N) is 1. The van der Waals surface area contributed by atoms with Crippen molar-refractivity contribution in [2.45, 2.75) is 19.5 Å². The molecule has 1 saturated heterocycles. The SMILES string of the molecule is CNCC1CCN(C(=O)c2ccc(OC(F)F)c(OC)c2)CC1.Cl. The molecule has 1 fully saturated rings. The summed E-state index contributed by atoms with van der Waals surface area (Å²) in [7, 11) is 3.28. The van der Waals surface area contributed by atoms with Crippen LogP contribution in [0.4, 0.5) is 8.78 Å². The van der Waals surface area contributed by atoms with Crippen LogP contribution in [-0.4, -0.2) is 51.2 Å². The summed E-state index contributed by atoms with van der Waals surface area (Å²) in [5, 5.41) is 3.15. The molecule has 136 valence electrons. The first-order valence-electron chi connectivity index (χ1n) is 7.62. The zero-order valence-corrected chi connectivity index (χ0v) is 14.6. The van der Waals surface area contributed by atoms with Crippen LogP contribution in [0.25, 0.3) is 0 Å². The molecule has 0 radical (unpaired) electrons. The number of alkyl halides is 2. The van der Waals surface area contributed by atoms with Crippen molar-refractivity contribution in [2.24, 2.45) is 5.92 Å². The average molecular weight is 365 g/mol. The molecule has 1 amide bonds. The van der Waals surface area contributed by atoms with E-state index in [0.29, 0.717) is 24.6 Å². The lowest BCUT2D eigenvalue weighted by atomic mass is 9.96. The van der Waals surface area contributed by atoms with Crippen LogP contribution >= 0.6 is 12.4 Å². The molecule has 1 aromatic rings. The van der Waals surface area contributed by atoms with Crippen LogP contribution < -0.4 is 14.8 Å². The molecule has 24 heavy (non-hydrogen) atoms. The Morgan fingerprint density at radius 2 is 2.00 bits per heavy atom. The van der Waals surface area contributed by atoms with Gasteiger partial charge in [-0.1, -0.05) is 0 Å². The number of hydrogen-bond acceptors (Lipinski definition) is 4. The Bertz CT molecular complexity index is 538. The van der Waals surface area contributed by atoms with E-state index < -0.39 is 6.61 Å². The number of benzene rings is 1. The Morgan fingerprint density at radius 1 is 1.33 bits per heavy atom. The molecule has 1 aliphatic heterocycles. The summed E-state index contributed by atoms with van der Waals surface area (Å²) in [6.45, 7) is -0.585. The fourth-order valence-corrected chi connectivity index (χ4v) is 2.81. The number of amides is 1. The third kappa shape index (κ3) is 5.21. The van der Waals surface area contributed by atoms with Gasteiger partial charge in [0, 0.05) is 18.7 Å². The first kappa shape index (κ1) is 20.4. The van der Waals surface area contributed by atoms with Gasteiger partial charge >= 0.3 is 6.61 Å². The number of likely N-dealkylation sites (tertiary alicyclic amines) is 1. The van der Waals surface area contributed by atoms with Crippen molar-refractivity contribution in [1.82, 2.24) is 10.2 Å². The molecule has 1 N–H and O–H groups in total. The minimum atomic E-state index is -2.93. The first-order chi connectivity index (χ1) is 11.0. The zero-order valence-electron chi connectivity index (χ0n) is 13.8. The number of piperidine rings is 1. The van der Waals surface area contributed by atoms with Crippen LogP contribution in [0.2, 0.25) is 0 Å². The Morgan fingerprint density at radius 3 is 2.54 bits per heavy atom. The molecule has 0 aliphatic carbocycles. The van der Waals surface area contributed by atoms with Crippen LogP contribution in [0.1, 0.15) is 23.2 Å². The van der Waals surface area contributed by atoms with E-state index in [9.17, 15) is 13.6 Å². The van der Waals surface area contributed by atoms with Crippen LogP contribution in [0.3, 0.4) is 0 Å². The van der Waals surface area contributed by atoms with E-state index in [0.717, 1.165) is 19.4 Å². The van der Waals surface area contributed by atoms with Crippen molar-refractivity contribution >= 4 is 18.3 Å². The lowest BCUT2D eigenvalue weighted by molar-refractivity contribution is -0.0512. The predicted molar refractivity (Wildman–Crippen MR) is 89.4 cm³/mol. The van der Waals surface area contributed by atoms with Gasteiger partial charge in [0.25, 0.3) is 5.91 Å². The highest BCUT2D eigenvalue weighted by molar-refractivity contribution is 5.95. The second-order valence-corrected chi connectivity index (χ2v) is 5.54. The number of hydrogen-bond donors (Lipinski definition) is 1. The largest absolute Gasteiger partial charge is 0.493 e. The van der Waals surface area contributed by atoms with Gasteiger partial charge in [0.05, 0.1) is 7.11 Å². The molecule has 0 aromatic heterocycles. The van der Waals surface area contributed by atoms with Gasteiger partial charge in [-0.15, -0.1) is 12.4 Å². The third-order valence-corrected chi connectivity index (χ3v) is 4.02. The van der Waals surface area contributed by atoms with Crippen LogP contribution in [0.15, 0.2) is 18.2 Å². The average Bonchev–Trinajstić information content (AvgIpc) is 2.55. The Labute approximate surface area is 146 Å². The fourth-order valence-electron chi connectivity index (χ4n) is 2.81. The first-order valence-corrected chi connectivity index (χ1v) is 7.62. The Kier molecular flexibility index (Phi) is 8.21. The predicted octanol–water partition coefficient (Wildman–Crippen LogP) is 2.79. The topological polar surface area (TPSA) is 50.8 Å². The van der Waals surface area contributed by atoms with Gasteiger partial charge in [-0.25, -0.2) is 0 Å². The van der Waals surface area contributed by atoms with Crippen LogP contribution in [0, 0.1) is 5.92 Å². The maximum Gasteiger partial charge on any atom is 0.387 e. The molecule has 5 nitrogen and oxygen atoms in total. The second kappa shape index (κ2) is 9.64. The molecule has 0 unspecified atom stereocenters. The summed E-state index contributed by atoms with van der Waals surface area (Å²) < 4.78 is 34.1. The lowest BCUT2D eigenvalue weighted by Gasteiger charge is -2.32. The molecule has 0 atom stereocenters. The van der Waals surface area contributed by atoms with Crippen molar-refractivity contribution < 1.29 is 23.0 Å². The quantitative estimate of drug-likeness (QED) is 0.843. The Balaban J connectivity index is 0.00000288. The molecule has 0 bridgehead atoms. The number of halogens is 3. The van der Waals surface area contributed by atoms with E-state index in [1.165, 1.54) is 25.3 Å². The molecule has 2 rings (SSSR count). The van der Waals surface area contributed by atoms with Gasteiger partial charge in [-0.2, -0.15) is 8.78 Å². The lowest BCUT2D eigenvalue weighted by Crippen LogP contribution is -2.40. The number of rotatable bonds is 6. The molecule has 8 heteroatoms. The number of nitrogens with zero attached hydrogens (tertiary/aromatic N) is 1. The molecule has 1 aliphatic rings. The van der Waals surface area contributed by atoms with Gasteiger partial charge < -0.3 is 19.7 Å². The van der Waals surface area contributed by atoms with Gasteiger partial charge in [0.15, 0.2) is 11.5 Å². The second-order valence-electron chi connectivity index (χ2n) is 5.54. The minimum Gasteiger partial charge on any atom is -0.493 e. The number of carbonyl (C=O) groups is 1. The van der Waals surface area contributed by atoms with Crippen LogP contribution in [0.5, 0.6) is 11.5 Å². The maximum atomic E-state index is 12.5. The van der Waals surface area contributed by atoms with E-state index in [1.54, 1.807) is 4.90 Å². The summed E-state index contributed by atoms with van der Waals surface area (Å²) in [6, 6.07) is 4.27.